The molecule has 3 heterocycles. The van der Waals surface area contributed by atoms with Gasteiger partial charge in [-0.1, -0.05) is 13.8 Å². The lowest BCUT2D eigenvalue weighted by atomic mass is 10.1. The summed E-state index contributed by atoms with van der Waals surface area (Å²) < 4.78 is 0. The normalized spacial score (nSPS) is 19.5. The van der Waals surface area contributed by atoms with Crippen molar-refractivity contribution in [2.45, 2.75) is 52.0 Å². The molecule has 2 aliphatic rings. The minimum absolute atomic E-state index is 0.136. The molecule has 0 aromatic carbocycles. The number of anilines is 1. The van der Waals surface area contributed by atoms with Gasteiger partial charge in [-0.25, -0.2) is 4.98 Å². The first kappa shape index (κ1) is 18.2. The van der Waals surface area contributed by atoms with Crippen LogP contribution in [-0.4, -0.2) is 66.0 Å². The lowest BCUT2D eigenvalue weighted by Crippen LogP contribution is -2.50. The molecule has 0 N–H and O–H groups in total. The first-order valence-electron chi connectivity index (χ1n) is 9.97. The number of piperidine rings is 1. The Bertz CT molecular complexity index is 541. The molecule has 0 aliphatic carbocycles. The van der Waals surface area contributed by atoms with Crippen molar-refractivity contribution in [3.63, 3.8) is 0 Å². The number of carbonyl (C=O) groups is 1. The van der Waals surface area contributed by atoms with E-state index in [0.717, 1.165) is 63.5 Å². The molecule has 25 heavy (non-hydrogen) atoms. The zero-order valence-electron chi connectivity index (χ0n) is 15.8. The number of pyridine rings is 1. The lowest BCUT2D eigenvalue weighted by molar-refractivity contribution is 0.0724. The van der Waals surface area contributed by atoms with Crippen LogP contribution in [0.25, 0.3) is 0 Å². The van der Waals surface area contributed by atoms with E-state index in [1.807, 2.05) is 17.0 Å². The Hall–Kier alpha value is -1.62. The molecule has 0 bridgehead atoms. The maximum absolute atomic E-state index is 12.5. The fourth-order valence-electron chi connectivity index (χ4n) is 4.10. The van der Waals surface area contributed by atoms with Crippen molar-refractivity contribution in [1.82, 2.24) is 14.8 Å². The van der Waals surface area contributed by atoms with Gasteiger partial charge in [0.15, 0.2) is 0 Å². The van der Waals surface area contributed by atoms with Gasteiger partial charge in [0.25, 0.3) is 5.91 Å². The number of piperazine rings is 1. The summed E-state index contributed by atoms with van der Waals surface area (Å²) >= 11 is 0. The molecule has 0 atom stereocenters. The molecule has 1 aromatic heterocycles. The van der Waals surface area contributed by atoms with E-state index in [9.17, 15) is 4.79 Å². The van der Waals surface area contributed by atoms with Crippen molar-refractivity contribution in [3.8, 4) is 0 Å². The van der Waals surface area contributed by atoms with Gasteiger partial charge in [-0.3, -0.25) is 9.69 Å². The highest BCUT2D eigenvalue weighted by atomic mass is 16.2. The Labute approximate surface area is 152 Å². The second-order valence-electron chi connectivity index (χ2n) is 7.25. The summed E-state index contributed by atoms with van der Waals surface area (Å²) in [5.74, 6) is 1.14. The second kappa shape index (κ2) is 8.65. The predicted octanol–water partition coefficient (Wildman–Crippen LogP) is 3.02. The summed E-state index contributed by atoms with van der Waals surface area (Å²) in [6.07, 6.45) is 7.70. The third-order valence-corrected chi connectivity index (χ3v) is 5.74. The Morgan fingerprint density at radius 3 is 2.24 bits per heavy atom. The zero-order valence-corrected chi connectivity index (χ0v) is 15.8. The summed E-state index contributed by atoms with van der Waals surface area (Å²) in [6, 6.07) is 4.68. The molecule has 138 valence electrons. The highest BCUT2D eigenvalue weighted by molar-refractivity contribution is 5.94. The topological polar surface area (TPSA) is 39.7 Å². The SMILES string of the molecule is CCC(CC)N1CCN(c2ccc(C(=O)N3CCCCC3)cn2)CC1. The summed E-state index contributed by atoms with van der Waals surface area (Å²) in [6.45, 7) is 10.6. The largest absolute Gasteiger partial charge is 0.354 e. The average Bonchev–Trinajstić information content (AvgIpc) is 2.70. The van der Waals surface area contributed by atoms with Gasteiger partial charge in [0.05, 0.1) is 5.56 Å². The van der Waals surface area contributed by atoms with E-state index in [0.29, 0.717) is 6.04 Å². The number of carbonyl (C=O) groups excluding carboxylic acids is 1. The van der Waals surface area contributed by atoms with Crippen LogP contribution in [-0.2, 0) is 0 Å². The van der Waals surface area contributed by atoms with Crippen molar-refractivity contribution in [3.05, 3.63) is 23.9 Å². The molecule has 1 aromatic rings. The molecule has 2 aliphatic heterocycles. The Morgan fingerprint density at radius 1 is 1.00 bits per heavy atom. The van der Waals surface area contributed by atoms with Crippen LogP contribution in [0.4, 0.5) is 5.82 Å². The Balaban J connectivity index is 1.57. The van der Waals surface area contributed by atoms with Crippen LogP contribution in [0.5, 0.6) is 0 Å². The van der Waals surface area contributed by atoms with Crippen LogP contribution in [0.15, 0.2) is 18.3 Å². The number of amides is 1. The molecular formula is C20H32N4O. The smallest absolute Gasteiger partial charge is 0.255 e. The van der Waals surface area contributed by atoms with E-state index in [-0.39, 0.29) is 5.91 Å². The van der Waals surface area contributed by atoms with Gasteiger partial charge in [-0.2, -0.15) is 0 Å². The number of nitrogens with zero attached hydrogens (tertiary/aromatic N) is 4. The molecular weight excluding hydrogens is 312 g/mol. The van der Waals surface area contributed by atoms with Crippen LogP contribution in [0.3, 0.4) is 0 Å². The minimum Gasteiger partial charge on any atom is -0.354 e. The maximum Gasteiger partial charge on any atom is 0.255 e. The number of hydrogen-bond acceptors (Lipinski definition) is 4. The molecule has 0 unspecified atom stereocenters. The molecule has 0 spiro atoms. The molecule has 2 saturated heterocycles. The van der Waals surface area contributed by atoms with E-state index >= 15 is 0 Å². The molecule has 0 saturated carbocycles. The molecule has 5 heteroatoms. The zero-order chi connectivity index (χ0) is 17.6. The summed E-state index contributed by atoms with van der Waals surface area (Å²) in [4.78, 5) is 24.0. The third-order valence-electron chi connectivity index (χ3n) is 5.74. The van der Waals surface area contributed by atoms with Crippen molar-refractivity contribution >= 4 is 11.7 Å². The molecule has 3 rings (SSSR count). The quantitative estimate of drug-likeness (QED) is 0.823. The van der Waals surface area contributed by atoms with Gasteiger partial charge < -0.3 is 9.80 Å². The van der Waals surface area contributed by atoms with Crippen LogP contribution < -0.4 is 4.90 Å². The lowest BCUT2D eigenvalue weighted by Gasteiger charge is -2.39. The average molecular weight is 345 g/mol. The number of likely N-dealkylation sites (tertiary alicyclic amines) is 1. The van der Waals surface area contributed by atoms with Gasteiger partial charge in [-0.05, 0) is 44.2 Å². The maximum atomic E-state index is 12.5. The molecule has 2 fully saturated rings. The Kier molecular flexibility index (Phi) is 6.29. The van der Waals surface area contributed by atoms with Gasteiger partial charge in [0.2, 0.25) is 0 Å². The van der Waals surface area contributed by atoms with Crippen LogP contribution in [0.2, 0.25) is 0 Å². The van der Waals surface area contributed by atoms with Crippen LogP contribution in [0, 0.1) is 0 Å². The first-order chi connectivity index (χ1) is 12.2. The summed E-state index contributed by atoms with van der Waals surface area (Å²) in [5, 5.41) is 0. The van der Waals surface area contributed by atoms with E-state index in [2.05, 4.69) is 28.6 Å². The second-order valence-corrected chi connectivity index (χ2v) is 7.25. The summed E-state index contributed by atoms with van der Waals surface area (Å²) in [7, 11) is 0. The van der Waals surface area contributed by atoms with Crippen molar-refractivity contribution < 1.29 is 4.79 Å². The Morgan fingerprint density at radius 2 is 1.68 bits per heavy atom. The van der Waals surface area contributed by atoms with Gasteiger partial charge in [0, 0.05) is 51.5 Å². The van der Waals surface area contributed by atoms with Gasteiger partial charge in [-0.15, -0.1) is 0 Å². The number of hydrogen-bond donors (Lipinski definition) is 0. The van der Waals surface area contributed by atoms with E-state index in [4.69, 9.17) is 0 Å². The molecule has 5 nitrogen and oxygen atoms in total. The van der Waals surface area contributed by atoms with Crippen molar-refractivity contribution in [1.29, 1.82) is 0 Å². The standard InChI is InChI=1S/C20H32N4O/c1-3-18(4-2)22-12-14-23(15-13-22)19-9-8-17(16-21-19)20(25)24-10-6-5-7-11-24/h8-9,16,18H,3-7,10-15H2,1-2H3. The molecule has 0 radical (unpaired) electrons. The highest BCUT2D eigenvalue weighted by Gasteiger charge is 2.23. The van der Waals surface area contributed by atoms with Crippen molar-refractivity contribution in [2.75, 3.05) is 44.2 Å². The minimum atomic E-state index is 0.136. The van der Waals surface area contributed by atoms with Gasteiger partial charge in [0.1, 0.15) is 5.82 Å². The fourth-order valence-corrected chi connectivity index (χ4v) is 4.10. The van der Waals surface area contributed by atoms with Crippen LogP contribution >= 0.6 is 0 Å². The number of rotatable bonds is 5. The summed E-state index contributed by atoms with van der Waals surface area (Å²) in [5.41, 5.74) is 0.723. The first-order valence-corrected chi connectivity index (χ1v) is 9.97. The fraction of sp³-hybridized carbons (Fsp3) is 0.700. The van der Waals surface area contributed by atoms with E-state index in [1.165, 1.54) is 19.3 Å². The number of aromatic nitrogens is 1. The molecule has 1 amide bonds. The van der Waals surface area contributed by atoms with Crippen LogP contribution in [0.1, 0.15) is 56.3 Å². The van der Waals surface area contributed by atoms with Crippen molar-refractivity contribution in [2.24, 2.45) is 0 Å². The highest BCUT2D eigenvalue weighted by Crippen LogP contribution is 2.19. The van der Waals surface area contributed by atoms with E-state index in [1.54, 1.807) is 6.20 Å². The van der Waals surface area contributed by atoms with E-state index < -0.39 is 0 Å². The predicted molar refractivity (Wildman–Crippen MR) is 102 cm³/mol. The third kappa shape index (κ3) is 4.32. The van der Waals surface area contributed by atoms with Gasteiger partial charge >= 0.3 is 0 Å². The monoisotopic (exact) mass is 344 g/mol.